The first kappa shape index (κ1) is 13.3. The van der Waals surface area contributed by atoms with Crippen molar-refractivity contribution >= 4 is 0 Å². The molecule has 0 amide bonds. The van der Waals surface area contributed by atoms with Crippen LogP contribution in [0.4, 0.5) is 4.39 Å². The standard InChI is InChI=1S/C15H19FN4/c1-17-9-12-2-3-14(16)13(8-12)10-19-6-7-20-5-4-18-15(20)11-19/h2-5,8,17H,6-7,9-11H2,1H3. The summed E-state index contributed by atoms with van der Waals surface area (Å²) in [5.74, 6) is 0.932. The number of halogens is 1. The highest BCUT2D eigenvalue weighted by Gasteiger charge is 2.17. The third-order valence-corrected chi connectivity index (χ3v) is 3.71. The molecule has 1 aromatic heterocycles. The molecule has 0 fully saturated rings. The topological polar surface area (TPSA) is 33.1 Å². The second-order valence-electron chi connectivity index (χ2n) is 5.20. The van der Waals surface area contributed by atoms with E-state index in [2.05, 4.69) is 19.8 Å². The van der Waals surface area contributed by atoms with E-state index in [1.165, 1.54) is 0 Å². The van der Waals surface area contributed by atoms with E-state index in [0.717, 1.165) is 43.1 Å². The van der Waals surface area contributed by atoms with E-state index in [1.54, 1.807) is 6.07 Å². The van der Waals surface area contributed by atoms with Crippen molar-refractivity contribution in [1.29, 1.82) is 0 Å². The normalized spacial score (nSPS) is 15.3. The first-order valence-electron chi connectivity index (χ1n) is 6.90. The summed E-state index contributed by atoms with van der Waals surface area (Å²) in [5.41, 5.74) is 1.88. The van der Waals surface area contributed by atoms with Crippen LogP contribution in [0.15, 0.2) is 30.6 Å². The van der Waals surface area contributed by atoms with Gasteiger partial charge in [-0.3, -0.25) is 4.90 Å². The highest BCUT2D eigenvalue weighted by molar-refractivity contribution is 5.25. The molecule has 106 valence electrons. The zero-order valence-corrected chi connectivity index (χ0v) is 11.6. The van der Waals surface area contributed by atoms with Crippen LogP contribution in [0.3, 0.4) is 0 Å². The van der Waals surface area contributed by atoms with Gasteiger partial charge in [-0.2, -0.15) is 0 Å². The summed E-state index contributed by atoms with van der Waals surface area (Å²) in [4.78, 5) is 6.58. The molecule has 0 spiro atoms. The van der Waals surface area contributed by atoms with Gasteiger partial charge in [0.2, 0.25) is 0 Å². The summed E-state index contributed by atoms with van der Waals surface area (Å²) in [7, 11) is 1.90. The Morgan fingerprint density at radius 2 is 2.25 bits per heavy atom. The summed E-state index contributed by atoms with van der Waals surface area (Å²) in [6.07, 6.45) is 3.83. The highest BCUT2D eigenvalue weighted by Crippen LogP contribution is 2.17. The SMILES string of the molecule is CNCc1ccc(F)c(CN2CCn3ccnc3C2)c1. The van der Waals surface area contributed by atoms with E-state index >= 15 is 0 Å². The molecule has 1 aromatic carbocycles. The van der Waals surface area contributed by atoms with Gasteiger partial charge < -0.3 is 9.88 Å². The number of nitrogens with zero attached hydrogens (tertiary/aromatic N) is 3. The van der Waals surface area contributed by atoms with E-state index in [0.29, 0.717) is 6.54 Å². The van der Waals surface area contributed by atoms with Crippen LogP contribution in [-0.2, 0) is 26.2 Å². The van der Waals surface area contributed by atoms with Crippen molar-refractivity contribution in [2.45, 2.75) is 26.2 Å². The van der Waals surface area contributed by atoms with Gasteiger partial charge >= 0.3 is 0 Å². The van der Waals surface area contributed by atoms with Crippen LogP contribution in [-0.4, -0.2) is 28.0 Å². The molecule has 0 aliphatic carbocycles. The Morgan fingerprint density at radius 3 is 3.10 bits per heavy atom. The minimum absolute atomic E-state index is 0.126. The predicted octanol–water partition coefficient (Wildman–Crippen LogP) is 1.76. The lowest BCUT2D eigenvalue weighted by molar-refractivity contribution is 0.206. The molecule has 1 aliphatic heterocycles. The van der Waals surface area contributed by atoms with Crippen LogP contribution >= 0.6 is 0 Å². The van der Waals surface area contributed by atoms with Crippen molar-refractivity contribution in [3.63, 3.8) is 0 Å². The third kappa shape index (κ3) is 2.73. The van der Waals surface area contributed by atoms with Crippen LogP contribution in [0.25, 0.3) is 0 Å². The number of nitrogens with one attached hydrogen (secondary N) is 1. The largest absolute Gasteiger partial charge is 0.333 e. The van der Waals surface area contributed by atoms with Crippen LogP contribution in [0.5, 0.6) is 0 Å². The number of aromatic nitrogens is 2. The Kier molecular flexibility index (Phi) is 3.80. The van der Waals surface area contributed by atoms with Crippen molar-refractivity contribution in [3.8, 4) is 0 Å². The van der Waals surface area contributed by atoms with Crippen molar-refractivity contribution in [3.05, 3.63) is 53.4 Å². The Balaban J connectivity index is 1.73. The number of imidazole rings is 1. The molecular formula is C15H19FN4. The van der Waals surface area contributed by atoms with E-state index < -0.39 is 0 Å². The molecule has 0 unspecified atom stereocenters. The number of benzene rings is 1. The number of rotatable bonds is 4. The Bertz CT molecular complexity index is 593. The molecule has 2 heterocycles. The maximum Gasteiger partial charge on any atom is 0.127 e. The van der Waals surface area contributed by atoms with Crippen LogP contribution in [0.2, 0.25) is 0 Å². The first-order valence-corrected chi connectivity index (χ1v) is 6.90. The molecule has 20 heavy (non-hydrogen) atoms. The van der Waals surface area contributed by atoms with Crippen LogP contribution < -0.4 is 5.32 Å². The molecule has 1 N–H and O–H groups in total. The second-order valence-corrected chi connectivity index (χ2v) is 5.20. The molecule has 3 rings (SSSR count). The van der Waals surface area contributed by atoms with Crippen LogP contribution in [0, 0.1) is 5.82 Å². The van der Waals surface area contributed by atoms with Crippen molar-refractivity contribution in [2.24, 2.45) is 0 Å². The molecule has 0 radical (unpaired) electrons. The monoisotopic (exact) mass is 274 g/mol. The molecule has 0 atom stereocenters. The summed E-state index contributed by atoms with van der Waals surface area (Å²) >= 11 is 0. The number of fused-ring (bicyclic) bond motifs is 1. The van der Waals surface area contributed by atoms with Crippen molar-refractivity contribution in [2.75, 3.05) is 13.6 Å². The fourth-order valence-electron chi connectivity index (χ4n) is 2.66. The van der Waals surface area contributed by atoms with Gasteiger partial charge in [0.05, 0.1) is 6.54 Å². The Labute approximate surface area is 118 Å². The lowest BCUT2D eigenvalue weighted by Crippen LogP contribution is -2.33. The van der Waals surface area contributed by atoms with Gasteiger partial charge in [0, 0.05) is 44.1 Å². The summed E-state index contributed by atoms with van der Waals surface area (Å²) in [5, 5.41) is 3.09. The zero-order valence-electron chi connectivity index (χ0n) is 11.6. The summed E-state index contributed by atoms with van der Waals surface area (Å²) in [6, 6.07) is 5.35. The average molecular weight is 274 g/mol. The van der Waals surface area contributed by atoms with E-state index in [-0.39, 0.29) is 5.82 Å². The highest BCUT2D eigenvalue weighted by atomic mass is 19.1. The minimum Gasteiger partial charge on any atom is -0.333 e. The van der Waals surface area contributed by atoms with Crippen molar-refractivity contribution in [1.82, 2.24) is 19.8 Å². The fourth-order valence-corrected chi connectivity index (χ4v) is 2.66. The molecule has 4 nitrogen and oxygen atoms in total. The van der Waals surface area contributed by atoms with Gasteiger partial charge in [-0.25, -0.2) is 9.37 Å². The molecule has 2 aromatic rings. The maximum atomic E-state index is 13.9. The Morgan fingerprint density at radius 1 is 1.35 bits per heavy atom. The van der Waals surface area contributed by atoms with Gasteiger partial charge in [0.1, 0.15) is 11.6 Å². The van der Waals surface area contributed by atoms with E-state index in [1.807, 2.05) is 31.6 Å². The van der Waals surface area contributed by atoms with Gasteiger partial charge in [0.15, 0.2) is 0 Å². The number of hydrogen-bond donors (Lipinski definition) is 1. The Hall–Kier alpha value is -1.72. The second kappa shape index (κ2) is 5.73. The predicted molar refractivity (Wildman–Crippen MR) is 75.5 cm³/mol. The molecule has 0 saturated carbocycles. The average Bonchev–Trinajstić information content (AvgIpc) is 2.90. The first-order chi connectivity index (χ1) is 9.76. The van der Waals surface area contributed by atoms with Crippen LogP contribution in [0.1, 0.15) is 17.0 Å². The molecule has 0 saturated heterocycles. The van der Waals surface area contributed by atoms with Gasteiger partial charge in [-0.05, 0) is 18.7 Å². The minimum atomic E-state index is -0.126. The third-order valence-electron chi connectivity index (χ3n) is 3.71. The molecular weight excluding hydrogens is 255 g/mol. The number of hydrogen-bond acceptors (Lipinski definition) is 3. The quantitative estimate of drug-likeness (QED) is 0.922. The van der Waals surface area contributed by atoms with Crippen molar-refractivity contribution < 1.29 is 4.39 Å². The van der Waals surface area contributed by atoms with Gasteiger partial charge in [-0.1, -0.05) is 12.1 Å². The summed E-state index contributed by atoms with van der Waals surface area (Å²) < 4.78 is 16.1. The van der Waals surface area contributed by atoms with Gasteiger partial charge in [-0.15, -0.1) is 0 Å². The van der Waals surface area contributed by atoms with E-state index in [4.69, 9.17) is 0 Å². The lowest BCUT2D eigenvalue weighted by atomic mass is 10.1. The maximum absolute atomic E-state index is 13.9. The molecule has 5 heteroatoms. The molecule has 1 aliphatic rings. The lowest BCUT2D eigenvalue weighted by Gasteiger charge is -2.27. The van der Waals surface area contributed by atoms with E-state index in [9.17, 15) is 4.39 Å². The summed E-state index contributed by atoms with van der Waals surface area (Å²) in [6.45, 7) is 4.03. The van der Waals surface area contributed by atoms with Gasteiger partial charge in [0.25, 0.3) is 0 Å². The zero-order chi connectivity index (χ0) is 13.9. The fraction of sp³-hybridized carbons (Fsp3) is 0.400. The smallest absolute Gasteiger partial charge is 0.127 e. The molecule has 0 bridgehead atoms.